The van der Waals surface area contributed by atoms with Gasteiger partial charge in [-0.15, -0.1) is 0 Å². The number of hydrogen-bond acceptors (Lipinski definition) is 6. The summed E-state index contributed by atoms with van der Waals surface area (Å²) in [5.41, 5.74) is 0. The SMILES string of the molecule is O[C@H](CN1CCOCC1)CN1CCC[C@H](Cn2cncn2)C1. The Labute approximate surface area is 131 Å². The van der Waals surface area contributed by atoms with Gasteiger partial charge in [-0.25, -0.2) is 4.98 Å². The maximum absolute atomic E-state index is 10.3. The molecule has 2 aliphatic heterocycles. The lowest BCUT2D eigenvalue weighted by Gasteiger charge is -2.35. The Balaban J connectivity index is 1.41. The predicted octanol–water partition coefficient (Wildman–Crippen LogP) is -0.317. The average Bonchev–Trinajstić information content (AvgIpc) is 3.01. The molecular formula is C15H27N5O2. The van der Waals surface area contributed by atoms with Crippen molar-refractivity contribution in [1.82, 2.24) is 24.6 Å². The van der Waals surface area contributed by atoms with Gasteiger partial charge in [0.15, 0.2) is 0 Å². The molecule has 0 radical (unpaired) electrons. The number of β-amino-alcohol motifs (C(OH)–C–C–N with tert-alkyl or cyclic N) is 1. The maximum atomic E-state index is 10.3. The van der Waals surface area contributed by atoms with Gasteiger partial charge in [-0.3, -0.25) is 9.58 Å². The van der Waals surface area contributed by atoms with Crippen LogP contribution in [0.3, 0.4) is 0 Å². The van der Waals surface area contributed by atoms with E-state index in [4.69, 9.17) is 4.74 Å². The first-order chi connectivity index (χ1) is 10.8. The molecule has 7 heteroatoms. The molecule has 0 saturated carbocycles. The summed E-state index contributed by atoms with van der Waals surface area (Å²) in [5.74, 6) is 0.603. The Kier molecular flexibility index (Phi) is 5.77. The fourth-order valence-corrected chi connectivity index (χ4v) is 3.50. The van der Waals surface area contributed by atoms with Gasteiger partial charge in [0.2, 0.25) is 0 Å². The quantitative estimate of drug-likeness (QED) is 0.777. The summed E-state index contributed by atoms with van der Waals surface area (Å²) in [4.78, 5) is 8.70. The number of morpholine rings is 1. The molecule has 7 nitrogen and oxygen atoms in total. The number of rotatable bonds is 6. The van der Waals surface area contributed by atoms with Crippen LogP contribution in [-0.2, 0) is 11.3 Å². The Morgan fingerprint density at radius 2 is 2.00 bits per heavy atom. The summed E-state index contributed by atoms with van der Waals surface area (Å²) in [6.45, 7) is 8.04. The number of aliphatic hydroxyl groups excluding tert-OH is 1. The molecule has 1 aromatic rings. The molecule has 0 bridgehead atoms. The van der Waals surface area contributed by atoms with Crippen LogP contribution in [0.25, 0.3) is 0 Å². The molecule has 22 heavy (non-hydrogen) atoms. The summed E-state index contributed by atoms with van der Waals surface area (Å²) < 4.78 is 7.26. The van der Waals surface area contributed by atoms with Crippen molar-refractivity contribution in [3.8, 4) is 0 Å². The number of hydrogen-bond donors (Lipinski definition) is 1. The lowest BCUT2D eigenvalue weighted by Crippen LogP contribution is -2.47. The summed E-state index contributed by atoms with van der Waals surface area (Å²) in [6, 6.07) is 0. The van der Waals surface area contributed by atoms with E-state index >= 15 is 0 Å². The zero-order valence-corrected chi connectivity index (χ0v) is 13.2. The van der Waals surface area contributed by atoms with Crippen LogP contribution in [0.1, 0.15) is 12.8 Å². The lowest BCUT2D eigenvalue weighted by atomic mass is 9.98. The Hall–Kier alpha value is -1.02. The third-order valence-electron chi connectivity index (χ3n) is 4.56. The highest BCUT2D eigenvalue weighted by molar-refractivity contribution is 4.77. The molecule has 2 atom stereocenters. The highest BCUT2D eigenvalue weighted by Gasteiger charge is 2.23. The van der Waals surface area contributed by atoms with E-state index in [1.165, 1.54) is 12.8 Å². The first-order valence-electron chi connectivity index (χ1n) is 8.32. The van der Waals surface area contributed by atoms with Gasteiger partial charge in [0.1, 0.15) is 12.7 Å². The van der Waals surface area contributed by atoms with Crippen molar-refractivity contribution in [1.29, 1.82) is 0 Å². The molecule has 2 fully saturated rings. The largest absolute Gasteiger partial charge is 0.390 e. The molecular weight excluding hydrogens is 282 g/mol. The average molecular weight is 309 g/mol. The van der Waals surface area contributed by atoms with E-state index in [1.54, 1.807) is 12.7 Å². The van der Waals surface area contributed by atoms with Crippen molar-refractivity contribution in [3.05, 3.63) is 12.7 Å². The molecule has 1 aromatic heterocycles. The summed E-state index contributed by atoms with van der Waals surface area (Å²) in [5, 5.41) is 14.5. The zero-order valence-electron chi connectivity index (χ0n) is 13.2. The second kappa shape index (κ2) is 8.01. The third-order valence-corrected chi connectivity index (χ3v) is 4.56. The minimum atomic E-state index is -0.275. The summed E-state index contributed by atoms with van der Waals surface area (Å²) in [6.07, 6.45) is 5.53. The molecule has 0 spiro atoms. The molecule has 1 N–H and O–H groups in total. The highest BCUT2D eigenvalue weighted by atomic mass is 16.5. The predicted molar refractivity (Wildman–Crippen MR) is 82.5 cm³/mol. The van der Waals surface area contributed by atoms with E-state index in [0.717, 1.165) is 59.0 Å². The molecule has 2 aliphatic rings. The number of aromatic nitrogens is 3. The van der Waals surface area contributed by atoms with E-state index < -0.39 is 0 Å². The molecule has 2 saturated heterocycles. The Morgan fingerprint density at radius 3 is 2.77 bits per heavy atom. The smallest absolute Gasteiger partial charge is 0.137 e. The van der Waals surface area contributed by atoms with Crippen LogP contribution in [0.5, 0.6) is 0 Å². The van der Waals surface area contributed by atoms with E-state index in [1.807, 2.05) is 4.68 Å². The number of aliphatic hydroxyl groups is 1. The molecule has 0 aromatic carbocycles. The molecule has 0 aliphatic carbocycles. The fraction of sp³-hybridized carbons (Fsp3) is 0.867. The summed E-state index contributed by atoms with van der Waals surface area (Å²) >= 11 is 0. The van der Waals surface area contributed by atoms with Gasteiger partial charge in [-0.2, -0.15) is 5.10 Å². The lowest BCUT2D eigenvalue weighted by molar-refractivity contribution is 0.00292. The molecule has 124 valence electrons. The number of piperidine rings is 1. The van der Waals surface area contributed by atoms with Crippen molar-refractivity contribution in [2.45, 2.75) is 25.5 Å². The first kappa shape index (κ1) is 15.9. The van der Waals surface area contributed by atoms with Gasteiger partial charge < -0.3 is 14.7 Å². The Morgan fingerprint density at radius 1 is 1.18 bits per heavy atom. The minimum absolute atomic E-state index is 0.275. The summed E-state index contributed by atoms with van der Waals surface area (Å²) in [7, 11) is 0. The zero-order chi connectivity index (χ0) is 15.2. The highest BCUT2D eigenvalue weighted by Crippen LogP contribution is 2.18. The third kappa shape index (κ3) is 4.74. The van der Waals surface area contributed by atoms with E-state index in [2.05, 4.69) is 19.9 Å². The van der Waals surface area contributed by atoms with E-state index in [-0.39, 0.29) is 6.10 Å². The second-order valence-electron chi connectivity index (χ2n) is 6.45. The normalized spacial score (nSPS) is 26.1. The van der Waals surface area contributed by atoms with Gasteiger partial charge in [0.05, 0.1) is 19.3 Å². The maximum Gasteiger partial charge on any atom is 0.137 e. The van der Waals surface area contributed by atoms with Crippen LogP contribution in [0.4, 0.5) is 0 Å². The molecule has 3 rings (SSSR count). The van der Waals surface area contributed by atoms with Crippen molar-refractivity contribution in [3.63, 3.8) is 0 Å². The van der Waals surface area contributed by atoms with Gasteiger partial charge in [-0.05, 0) is 25.3 Å². The van der Waals surface area contributed by atoms with Crippen molar-refractivity contribution in [2.75, 3.05) is 52.5 Å². The number of nitrogens with zero attached hydrogens (tertiary/aromatic N) is 5. The topological polar surface area (TPSA) is 66.7 Å². The van der Waals surface area contributed by atoms with Gasteiger partial charge in [0, 0.05) is 39.3 Å². The van der Waals surface area contributed by atoms with Crippen molar-refractivity contribution < 1.29 is 9.84 Å². The van der Waals surface area contributed by atoms with Crippen molar-refractivity contribution >= 4 is 0 Å². The Bertz CT molecular complexity index is 422. The fourth-order valence-electron chi connectivity index (χ4n) is 3.50. The van der Waals surface area contributed by atoms with Crippen LogP contribution >= 0.6 is 0 Å². The standard InChI is InChI=1S/C15H27N5O2/c21-15(10-18-4-6-22-7-5-18)11-19-3-1-2-14(8-19)9-20-13-16-12-17-20/h12-15,21H,1-11H2/t14-,15+/m0/s1. The van der Waals surface area contributed by atoms with E-state index in [0.29, 0.717) is 5.92 Å². The second-order valence-corrected chi connectivity index (χ2v) is 6.45. The van der Waals surface area contributed by atoms with Crippen molar-refractivity contribution in [2.24, 2.45) is 5.92 Å². The number of likely N-dealkylation sites (tertiary alicyclic amines) is 1. The molecule has 3 heterocycles. The van der Waals surface area contributed by atoms with Gasteiger partial charge >= 0.3 is 0 Å². The first-order valence-corrected chi connectivity index (χ1v) is 8.32. The van der Waals surface area contributed by atoms with Crippen LogP contribution in [-0.4, -0.2) is 88.3 Å². The molecule has 0 unspecified atom stereocenters. The van der Waals surface area contributed by atoms with Gasteiger partial charge in [0.25, 0.3) is 0 Å². The van der Waals surface area contributed by atoms with E-state index in [9.17, 15) is 5.11 Å². The van der Waals surface area contributed by atoms with Crippen LogP contribution in [0, 0.1) is 5.92 Å². The van der Waals surface area contributed by atoms with Crippen LogP contribution in [0.15, 0.2) is 12.7 Å². The minimum Gasteiger partial charge on any atom is -0.390 e. The number of ether oxygens (including phenoxy) is 1. The van der Waals surface area contributed by atoms with Gasteiger partial charge in [-0.1, -0.05) is 0 Å². The molecule has 0 amide bonds. The monoisotopic (exact) mass is 309 g/mol. The van der Waals surface area contributed by atoms with Crippen LogP contribution < -0.4 is 0 Å². The van der Waals surface area contributed by atoms with Crippen LogP contribution in [0.2, 0.25) is 0 Å².